The first-order valence-electron chi connectivity index (χ1n) is 21.1. The standard InChI is InChI=1S/C57H39N5/c1-4-14-38(15-5-1)54-44-28-30-46(58-44)55(39-16-6-2-7-17-39)48-32-34-50(60-48)57(51-35-33-49(61-51)56(40-18-8-3-9-19-40)47-31-29-45(54)59-47)41-26-24-37(25-27-41)36-62-52-22-12-10-20-42(52)43-21-11-13-23-53(43)62/h1-35,58,61H,36H2. The molecule has 0 radical (unpaired) electrons. The number of hydrogen-bond donors (Lipinski definition) is 2. The van der Waals surface area contributed by atoms with Crippen LogP contribution in [0, 0.1) is 0 Å². The fourth-order valence-electron chi connectivity index (χ4n) is 9.37. The van der Waals surface area contributed by atoms with E-state index in [2.05, 4.69) is 227 Å². The van der Waals surface area contributed by atoms with Crippen molar-refractivity contribution in [2.24, 2.45) is 0 Å². The van der Waals surface area contributed by atoms with Crippen LogP contribution in [0.4, 0.5) is 0 Å². The zero-order valence-corrected chi connectivity index (χ0v) is 33.8. The highest BCUT2D eigenvalue weighted by molar-refractivity contribution is 6.08. The fourth-order valence-corrected chi connectivity index (χ4v) is 9.37. The largest absolute Gasteiger partial charge is 0.354 e. The summed E-state index contributed by atoms with van der Waals surface area (Å²) < 4.78 is 2.43. The van der Waals surface area contributed by atoms with E-state index in [9.17, 15) is 0 Å². The average Bonchev–Trinajstić information content (AvgIpc) is 4.20. The number of nitrogens with zero attached hydrogens (tertiary/aromatic N) is 3. The number of H-pyrrole nitrogens is 2. The van der Waals surface area contributed by atoms with Crippen LogP contribution in [0.25, 0.3) is 113 Å². The molecule has 5 heteroatoms. The maximum atomic E-state index is 5.50. The summed E-state index contributed by atoms with van der Waals surface area (Å²) >= 11 is 0. The molecule has 0 atom stereocenters. The van der Waals surface area contributed by atoms with Crippen molar-refractivity contribution in [3.05, 3.63) is 216 Å². The van der Waals surface area contributed by atoms with Crippen molar-refractivity contribution in [2.75, 3.05) is 0 Å². The lowest BCUT2D eigenvalue weighted by molar-refractivity contribution is 0.869. The summed E-state index contributed by atoms with van der Waals surface area (Å²) in [7, 11) is 0. The second kappa shape index (κ2) is 14.8. The molecule has 0 spiro atoms. The summed E-state index contributed by atoms with van der Waals surface area (Å²) in [5.74, 6) is 0. The zero-order valence-electron chi connectivity index (χ0n) is 33.8. The number of para-hydroxylation sites is 2. The van der Waals surface area contributed by atoms with E-state index in [1.54, 1.807) is 0 Å². The van der Waals surface area contributed by atoms with E-state index in [1.807, 2.05) is 0 Å². The van der Waals surface area contributed by atoms with Crippen molar-refractivity contribution in [1.29, 1.82) is 0 Å². The van der Waals surface area contributed by atoms with Crippen LogP contribution in [-0.2, 0) is 6.54 Å². The fraction of sp³-hybridized carbons (Fsp3) is 0.0175. The number of aromatic amines is 2. The van der Waals surface area contributed by atoms with Crippen molar-refractivity contribution in [2.45, 2.75) is 6.54 Å². The first-order valence-corrected chi connectivity index (χ1v) is 21.1. The van der Waals surface area contributed by atoms with E-state index in [-0.39, 0.29) is 0 Å². The van der Waals surface area contributed by atoms with Crippen LogP contribution in [0.3, 0.4) is 0 Å². The van der Waals surface area contributed by atoms with E-state index in [0.29, 0.717) is 0 Å². The van der Waals surface area contributed by atoms with E-state index in [0.717, 1.165) is 95.9 Å². The van der Waals surface area contributed by atoms with Gasteiger partial charge in [-0.1, -0.05) is 152 Å². The maximum absolute atomic E-state index is 5.50. The third-order valence-electron chi connectivity index (χ3n) is 12.2. The Hall–Kier alpha value is -8.28. The first kappa shape index (κ1) is 35.6. The lowest BCUT2D eigenvalue weighted by atomic mass is 10.0. The number of benzene rings is 6. The summed E-state index contributed by atoms with van der Waals surface area (Å²) in [6.07, 6.45) is 8.62. The Morgan fingerprint density at radius 1 is 0.323 bits per heavy atom. The lowest BCUT2D eigenvalue weighted by Crippen LogP contribution is -1.99. The van der Waals surface area contributed by atoms with Crippen LogP contribution in [0.5, 0.6) is 0 Å². The molecule has 2 aliphatic heterocycles. The molecule has 0 fully saturated rings. The second-order valence-electron chi connectivity index (χ2n) is 15.9. The summed E-state index contributed by atoms with van der Waals surface area (Å²) in [6.45, 7) is 0.760. The smallest absolute Gasteiger partial charge is 0.0737 e. The van der Waals surface area contributed by atoms with Gasteiger partial charge in [0.05, 0.1) is 22.8 Å². The molecule has 0 amide bonds. The van der Waals surface area contributed by atoms with Crippen LogP contribution >= 0.6 is 0 Å². The van der Waals surface area contributed by atoms with E-state index < -0.39 is 0 Å². The summed E-state index contributed by atoms with van der Waals surface area (Å²) in [6, 6.07) is 66.8. The van der Waals surface area contributed by atoms with Gasteiger partial charge < -0.3 is 14.5 Å². The van der Waals surface area contributed by atoms with Gasteiger partial charge >= 0.3 is 0 Å². The normalized spacial score (nSPS) is 12.1. The van der Waals surface area contributed by atoms with Crippen LogP contribution in [0.1, 0.15) is 28.3 Å². The molecule has 0 unspecified atom stereocenters. The quantitative estimate of drug-likeness (QED) is 0.176. The van der Waals surface area contributed by atoms with Gasteiger partial charge in [-0.05, 0) is 88.5 Å². The van der Waals surface area contributed by atoms with Crippen molar-refractivity contribution < 1.29 is 0 Å². The molecule has 10 aromatic rings. The number of hydrogen-bond acceptors (Lipinski definition) is 2. The molecule has 12 rings (SSSR count). The van der Waals surface area contributed by atoms with Gasteiger partial charge in [0, 0.05) is 72.7 Å². The number of rotatable bonds is 6. The van der Waals surface area contributed by atoms with Gasteiger partial charge in [0.1, 0.15) is 0 Å². The minimum atomic E-state index is 0.760. The monoisotopic (exact) mass is 793 g/mol. The van der Waals surface area contributed by atoms with Gasteiger partial charge in [0.25, 0.3) is 0 Å². The minimum absolute atomic E-state index is 0.760. The third kappa shape index (κ3) is 6.10. The predicted octanol–water partition coefficient (Wildman–Crippen LogP) is 14.5. The molecule has 5 nitrogen and oxygen atoms in total. The molecule has 0 saturated heterocycles. The lowest BCUT2D eigenvalue weighted by Gasteiger charge is -2.10. The molecule has 8 bridgehead atoms. The molecule has 62 heavy (non-hydrogen) atoms. The Balaban J connectivity index is 1.12. The van der Waals surface area contributed by atoms with Crippen molar-refractivity contribution >= 4 is 68.2 Å². The predicted molar refractivity (Wildman–Crippen MR) is 259 cm³/mol. The van der Waals surface area contributed by atoms with E-state index >= 15 is 0 Å². The molecule has 6 heterocycles. The van der Waals surface area contributed by atoms with Gasteiger partial charge in [-0.2, -0.15) is 0 Å². The van der Waals surface area contributed by atoms with Gasteiger partial charge in [-0.3, -0.25) is 0 Å². The van der Waals surface area contributed by atoms with Gasteiger partial charge in [-0.25, -0.2) is 9.97 Å². The third-order valence-corrected chi connectivity index (χ3v) is 12.2. The van der Waals surface area contributed by atoms with Crippen LogP contribution < -0.4 is 0 Å². The number of aromatic nitrogens is 5. The SMILES string of the molecule is C1=Cc2nc1c(-c1ccccc1)c1ccc([nH]1)c(-c1ccccc1)c1nc(c(-c3ccc(Cn4c5ccccc5c5ccccc54)cc3)c3ccc([nH]3)c2-c2ccccc2)C=C1. The average molecular weight is 794 g/mol. The molecule has 292 valence electrons. The first-order chi connectivity index (χ1) is 30.7. The van der Waals surface area contributed by atoms with Crippen molar-refractivity contribution in [1.82, 2.24) is 24.5 Å². The summed E-state index contributed by atoms with van der Waals surface area (Å²) in [4.78, 5) is 18.7. The highest BCUT2D eigenvalue weighted by Gasteiger charge is 2.19. The van der Waals surface area contributed by atoms with Crippen LogP contribution in [0.15, 0.2) is 188 Å². The molecule has 6 aromatic carbocycles. The molecule has 4 aromatic heterocycles. The molecule has 2 aliphatic rings. The Kier molecular flexibility index (Phi) is 8.49. The summed E-state index contributed by atoms with van der Waals surface area (Å²) in [5, 5.41) is 2.55. The maximum Gasteiger partial charge on any atom is 0.0737 e. The van der Waals surface area contributed by atoms with Gasteiger partial charge in [-0.15, -0.1) is 0 Å². The Morgan fingerprint density at radius 2 is 0.645 bits per heavy atom. The van der Waals surface area contributed by atoms with E-state index in [4.69, 9.17) is 9.97 Å². The van der Waals surface area contributed by atoms with Crippen LogP contribution in [0.2, 0.25) is 0 Å². The topological polar surface area (TPSA) is 62.3 Å². The van der Waals surface area contributed by atoms with Crippen molar-refractivity contribution in [3.8, 4) is 44.5 Å². The Morgan fingerprint density at radius 3 is 1.02 bits per heavy atom. The molecule has 2 N–H and O–H groups in total. The molecule has 0 saturated carbocycles. The Labute approximate surface area is 358 Å². The minimum Gasteiger partial charge on any atom is -0.354 e. The molecular formula is C57H39N5. The second-order valence-corrected chi connectivity index (χ2v) is 15.9. The van der Waals surface area contributed by atoms with Gasteiger partial charge in [0.15, 0.2) is 0 Å². The highest BCUT2D eigenvalue weighted by Crippen LogP contribution is 2.39. The van der Waals surface area contributed by atoms with Crippen molar-refractivity contribution in [3.63, 3.8) is 0 Å². The van der Waals surface area contributed by atoms with E-state index in [1.165, 1.54) is 27.4 Å². The number of nitrogens with one attached hydrogen (secondary N) is 2. The molecule has 0 aliphatic carbocycles. The van der Waals surface area contributed by atoms with Gasteiger partial charge in [0.2, 0.25) is 0 Å². The van der Waals surface area contributed by atoms with Crippen LogP contribution in [-0.4, -0.2) is 24.5 Å². The number of fused-ring (bicyclic) bond motifs is 11. The Bertz CT molecular complexity index is 3480. The molecular weight excluding hydrogens is 755 g/mol. The highest BCUT2D eigenvalue weighted by atomic mass is 15.0. The zero-order chi connectivity index (χ0) is 41.0. The summed E-state index contributed by atoms with van der Waals surface area (Å²) in [5.41, 5.74) is 19.7.